The van der Waals surface area contributed by atoms with Crippen molar-refractivity contribution >= 4 is 11.7 Å². The van der Waals surface area contributed by atoms with Gasteiger partial charge in [-0.05, 0) is 0 Å². The lowest BCUT2D eigenvalue weighted by molar-refractivity contribution is -0.123. The molecule has 16 heavy (non-hydrogen) atoms. The summed E-state index contributed by atoms with van der Waals surface area (Å²) in [5.74, 6) is 0.0638. The van der Waals surface area contributed by atoms with Crippen molar-refractivity contribution in [1.82, 2.24) is 15.3 Å². The first-order valence-corrected chi connectivity index (χ1v) is 5.02. The summed E-state index contributed by atoms with van der Waals surface area (Å²) >= 11 is 0. The zero-order valence-electron chi connectivity index (χ0n) is 9.65. The number of anilines is 1. The molecule has 6 heteroatoms. The number of amides is 1. The molecule has 0 aliphatic carbocycles. The number of hydrogen-bond acceptors (Lipinski definition) is 4. The topological polar surface area (TPSA) is 78.1 Å². The fourth-order valence-corrected chi connectivity index (χ4v) is 1.44. The Kier molecular flexibility index (Phi) is 4.04. The van der Waals surface area contributed by atoms with Crippen molar-refractivity contribution in [1.29, 1.82) is 0 Å². The molecule has 6 nitrogen and oxygen atoms in total. The Labute approximate surface area is 93.7 Å². The molecule has 2 N–H and O–H groups in total. The predicted octanol–water partition coefficient (Wildman–Crippen LogP) is -0.412. The van der Waals surface area contributed by atoms with Crippen LogP contribution in [0.25, 0.3) is 0 Å². The number of hydrogen-bond donors (Lipinski definition) is 2. The van der Waals surface area contributed by atoms with Crippen molar-refractivity contribution in [2.24, 2.45) is 5.92 Å². The van der Waals surface area contributed by atoms with Crippen molar-refractivity contribution in [3.63, 3.8) is 0 Å². The second-order valence-corrected chi connectivity index (χ2v) is 3.64. The first-order valence-electron chi connectivity index (χ1n) is 5.02. The monoisotopic (exact) mass is 224 g/mol. The van der Waals surface area contributed by atoms with E-state index in [1.165, 1.54) is 12.4 Å². The van der Waals surface area contributed by atoms with Gasteiger partial charge >= 0.3 is 0 Å². The zero-order chi connectivity index (χ0) is 12.1. The lowest BCUT2D eigenvalue weighted by Gasteiger charge is -2.20. The summed E-state index contributed by atoms with van der Waals surface area (Å²) in [6, 6.07) is 0. The van der Waals surface area contributed by atoms with Gasteiger partial charge in [-0.15, -0.1) is 0 Å². The molecule has 0 fully saturated rings. The van der Waals surface area contributed by atoms with Gasteiger partial charge in [-0.2, -0.15) is 0 Å². The van der Waals surface area contributed by atoms with Gasteiger partial charge in [0, 0.05) is 33.0 Å². The molecule has 0 aliphatic rings. The molecule has 1 aromatic heterocycles. The molecule has 1 heterocycles. The third kappa shape index (κ3) is 2.82. The molecule has 1 atom stereocenters. The molecule has 0 spiro atoms. The lowest BCUT2D eigenvalue weighted by Crippen LogP contribution is -2.36. The van der Waals surface area contributed by atoms with Crippen LogP contribution in [0.2, 0.25) is 0 Å². The maximum atomic E-state index is 11.4. The van der Waals surface area contributed by atoms with Crippen LogP contribution in [0, 0.1) is 5.92 Å². The molecule has 1 rings (SSSR count). The minimum atomic E-state index is -0.255. The van der Waals surface area contributed by atoms with E-state index >= 15 is 0 Å². The largest absolute Gasteiger partial charge is 0.359 e. The Morgan fingerprint density at radius 3 is 2.94 bits per heavy atom. The van der Waals surface area contributed by atoms with Crippen molar-refractivity contribution < 1.29 is 4.79 Å². The summed E-state index contributed by atoms with van der Waals surface area (Å²) in [5, 5.41) is 2.56. The van der Waals surface area contributed by atoms with E-state index in [0.717, 1.165) is 0 Å². The molecule has 1 aromatic rings. The number of nitrogens with one attached hydrogen (secondary N) is 2. The molecule has 88 valence electrons. The number of H-pyrrole nitrogens is 1. The van der Waals surface area contributed by atoms with E-state index in [4.69, 9.17) is 0 Å². The van der Waals surface area contributed by atoms with Crippen LogP contribution in [-0.2, 0) is 4.79 Å². The number of rotatable bonds is 4. The number of nitrogens with zero attached hydrogens (tertiary/aromatic N) is 2. The van der Waals surface area contributed by atoms with E-state index < -0.39 is 0 Å². The van der Waals surface area contributed by atoms with Crippen LogP contribution in [0.15, 0.2) is 17.2 Å². The molecule has 0 aliphatic heterocycles. The Morgan fingerprint density at radius 2 is 2.38 bits per heavy atom. The third-order valence-corrected chi connectivity index (χ3v) is 2.29. The number of carbonyl (C=O) groups excluding carboxylic acids is 1. The summed E-state index contributed by atoms with van der Waals surface area (Å²) in [6.07, 6.45) is 2.99. The molecule has 0 bridgehead atoms. The summed E-state index contributed by atoms with van der Waals surface area (Å²) < 4.78 is 0. The van der Waals surface area contributed by atoms with Gasteiger partial charge in [-0.3, -0.25) is 9.59 Å². The third-order valence-electron chi connectivity index (χ3n) is 2.29. The normalized spacial score (nSPS) is 11.9. The summed E-state index contributed by atoms with van der Waals surface area (Å²) in [5.41, 5.74) is -0.255. The highest BCUT2D eigenvalue weighted by Crippen LogP contribution is 2.04. The molecular formula is C10H16N4O2. The van der Waals surface area contributed by atoms with Gasteiger partial charge in [0.1, 0.15) is 0 Å². The van der Waals surface area contributed by atoms with Gasteiger partial charge in [0.2, 0.25) is 5.91 Å². The van der Waals surface area contributed by atoms with Gasteiger partial charge in [0.05, 0.1) is 5.92 Å². The van der Waals surface area contributed by atoms with Crippen molar-refractivity contribution in [2.45, 2.75) is 6.92 Å². The van der Waals surface area contributed by atoms with Gasteiger partial charge in [-0.25, -0.2) is 4.98 Å². The van der Waals surface area contributed by atoms with Crippen molar-refractivity contribution in [2.75, 3.05) is 25.5 Å². The van der Waals surface area contributed by atoms with E-state index in [9.17, 15) is 9.59 Å². The average Bonchev–Trinajstić information content (AvgIpc) is 2.28. The van der Waals surface area contributed by atoms with E-state index in [0.29, 0.717) is 12.4 Å². The van der Waals surface area contributed by atoms with Crippen LogP contribution in [-0.4, -0.2) is 36.5 Å². The van der Waals surface area contributed by atoms with E-state index in [2.05, 4.69) is 15.3 Å². The maximum Gasteiger partial charge on any atom is 0.290 e. The fourth-order valence-electron chi connectivity index (χ4n) is 1.44. The quantitative estimate of drug-likeness (QED) is 0.728. The number of carbonyl (C=O) groups is 1. The highest BCUT2D eigenvalue weighted by atomic mass is 16.2. The first kappa shape index (κ1) is 12.2. The number of aromatic nitrogens is 2. The van der Waals surface area contributed by atoms with Gasteiger partial charge in [0.15, 0.2) is 5.82 Å². The summed E-state index contributed by atoms with van der Waals surface area (Å²) in [6.45, 7) is 2.24. The lowest BCUT2D eigenvalue weighted by atomic mass is 10.1. The zero-order valence-corrected chi connectivity index (χ0v) is 9.65. The van der Waals surface area contributed by atoms with Gasteiger partial charge in [-0.1, -0.05) is 6.92 Å². The van der Waals surface area contributed by atoms with Crippen molar-refractivity contribution in [3.8, 4) is 0 Å². The average molecular weight is 224 g/mol. The van der Waals surface area contributed by atoms with Gasteiger partial charge in [0.25, 0.3) is 5.56 Å². The van der Waals surface area contributed by atoms with Gasteiger partial charge < -0.3 is 15.2 Å². The van der Waals surface area contributed by atoms with Crippen LogP contribution in [0.5, 0.6) is 0 Å². The van der Waals surface area contributed by atoms with Crippen LogP contribution >= 0.6 is 0 Å². The minimum Gasteiger partial charge on any atom is -0.359 e. The molecule has 0 radical (unpaired) electrons. The Bertz CT molecular complexity index is 415. The Morgan fingerprint density at radius 1 is 1.69 bits per heavy atom. The highest BCUT2D eigenvalue weighted by molar-refractivity contribution is 5.78. The SMILES string of the molecule is CNC(=O)C(C)CN(C)c1ncc[nH]c1=O. The van der Waals surface area contributed by atoms with E-state index in [1.807, 2.05) is 0 Å². The Hall–Kier alpha value is -1.85. The smallest absolute Gasteiger partial charge is 0.290 e. The molecule has 1 unspecified atom stereocenters. The maximum absolute atomic E-state index is 11.4. The van der Waals surface area contributed by atoms with Crippen LogP contribution < -0.4 is 15.8 Å². The number of aromatic amines is 1. The molecule has 0 saturated carbocycles. The second kappa shape index (κ2) is 5.29. The minimum absolute atomic E-state index is 0.0563. The summed E-state index contributed by atoms with van der Waals surface area (Å²) in [4.78, 5) is 30.9. The van der Waals surface area contributed by atoms with Crippen LogP contribution in [0.1, 0.15) is 6.92 Å². The van der Waals surface area contributed by atoms with E-state index in [-0.39, 0.29) is 17.4 Å². The summed E-state index contributed by atoms with van der Waals surface area (Å²) in [7, 11) is 3.32. The fraction of sp³-hybridized carbons (Fsp3) is 0.500. The standard InChI is InChI=1S/C10H16N4O2/c1-7(9(15)11-2)6-14(3)8-10(16)13-5-4-12-8/h4-5,7H,6H2,1-3H3,(H,11,15)(H,13,16). The van der Waals surface area contributed by atoms with Crippen molar-refractivity contribution in [3.05, 3.63) is 22.7 Å². The molecule has 0 saturated heterocycles. The van der Waals surface area contributed by atoms with E-state index in [1.54, 1.807) is 25.9 Å². The van der Waals surface area contributed by atoms with Crippen LogP contribution in [0.3, 0.4) is 0 Å². The highest BCUT2D eigenvalue weighted by Gasteiger charge is 2.15. The molecular weight excluding hydrogens is 208 g/mol. The molecule has 1 amide bonds. The van der Waals surface area contributed by atoms with Crippen LogP contribution in [0.4, 0.5) is 5.82 Å². The molecule has 0 aromatic carbocycles. The first-order chi connectivity index (χ1) is 7.56. The Balaban J connectivity index is 2.73. The predicted molar refractivity (Wildman–Crippen MR) is 61.4 cm³/mol. The second-order valence-electron chi connectivity index (χ2n) is 3.64.